The minimum Gasteiger partial charge on any atom is -0.481 e. The first-order valence-electron chi connectivity index (χ1n) is 8.30. The molecule has 0 spiro atoms. The highest BCUT2D eigenvalue weighted by Crippen LogP contribution is 2.18. The number of carbonyl (C=O) groups excluding carboxylic acids is 1. The second kappa shape index (κ2) is 10.5. The molecule has 22 heavy (non-hydrogen) atoms. The molecule has 0 aromatic heterocycles. The minimum absolute atomic E-state index is 0.0348. The molecule has 0 fully saturated rings. The van der Waals surface area contributed by atoms with Gasteiger partial charge in [-0.1, -0.05) is 51.6 Å². The fourth-order valence-electron chi connectivity index (χ4n) is 2.30. The highest BCUT2D eigenvalue weighted by atomic mass is 35.5. The molecule has 1 amide bonds. The minimum atomic E-state index is -0.454. The maximum Gasteiger partial charge on any atom is 0.261 e. The molecule has 0 radical (unpaired) electrons. The summed E-state index contributed by atoms with van der Waals surface area (Å²) in [5.74, 6) is 1.19. The second-order valence-electron chi connectivity index (χ2n) is 5.63. The Morgan fingerprint density at radius 1 is 1.18 bits per heavy atom. The number of amides is 1. The van der Waals surface area contributed by atoms with Gasteiger partial charge in [0.2, 0.25) is 0 Å². The number of halogens is 1. The number of benzene rings is 1. The van der Waals surface area contributed by atoms with E-state index in [4.69, 9.17) is 16.3 Å². The summed E-state index contributed by atoms with van der Waals surface area (Å²) >= 11 is 5.85. The van der Waals surface area contributed by atoms with Crippen LogP contribution in [0.15, 0.2) is 24.3 Å². The van der Waals surface area contributed by atoms with E-state index in [1.54, 1.807) is 24.3 Å². The number of rotatable bonds is 10. The fraction of sp³-hybridized carbons (Fsp3) is 0.611. The number of hydrogen-bond donors (Lipinski definition) is 1. The first-order valence-corrected chi connectivity index (χ1v) is 8.68. The van der Waals surface area contributed by atoms with Crippen molar-refractivity contribution in [3.8, 4) is 5.75 Å². The van der Waals surface area contributed by atoms with Crippen LogP contribution in [-0.2, 0) is 4.79 Å². The highest BCUT2D eigenvalue weighted by molar-refractivity contribution is 6.30. The van der Waals surface area contributed by atoms with E-state index >= 15 is 0 Å². The van der Waals surface area contributed by atoms with Crippen LogP contribution in [0.5, 0.6) is 5.75 Å². The molecule has 124 valence electrons. The van der Waals surface area contributed by atoms with Gasteiger partial charge in [-0.15, -0.1) is 0 Å². The van der Waals surface area contributed by atoms with Gasteiger partial charge in [0.1, 0.15) is 5.75 Å². The number of hydrogen-bond acceptors (Lipinski definition) is 2. The predicted molar refractivity (Wildman–Crippen MR) is 92.5 cm³/mol. The Morgan fingerprint density at radius 2 is 1.86 bits per heavy atom. The predicted octanol–water partition coefficient (Wildman–Crippen LogP) is 4.83. The van der Waals surface area contributed by atoms with E-state index in [2.05, 4.69) is 19.2 Å². The van der Waals surface area contributed by atoms with Gasteiger partial charge >= 0.3 is 0 Å². The van der Waals surface area contributed by atoms with Gasteiger partial charge in [0.05, 0.1) is 0 Å². The summed E-state index contributed by atoms with van der Waals surface area (Å²) in [4.78, 5) is 12.3. The zero-order valence-electron chi connectivity index (χ0n) is 13.9. The van der Waals surface area contributed by atoms with Crippen LogP contribution in [0.2, 0.25) is 5.02 Å². The van der Waals surface area contributed by atoms with Crippen molar-refractivity contribution >= 4 is 17.5 Å². The quantitative estimate of drug-likeness (QED) is 0.669. The van der Waals surface area contributed by atoms with Crippen molar-refractivity contribution in [2.45, 2.75) is 59.0 Å². The van der Waals surface area contributed by atoms with Gasteiger partial charge in [-0.2, -0.15) is 0 Å². The molecule has 3 nitrogen and oxygen atoms in total. The topological polar surface area (TPSA) is 38.3 Å². The van der Waals surface area contributed by atoms with E-state index in [-0.39, 0.29) is 5.91 Å². The van der Waals surface area contributed by atoms with Crippen LogP contribution in [0.3, 0.4) is 0 Å². The standard InChI is InChI=1S/C18H28ClNO2/c1-4-7-8-14(5-2)13-20-18(21)17(6-3)22-16-11-9-15(19)10-12-16/h9-12,14,17H,4-8,13H2,1-3H3,(H,20,21)/t14-,17+/m0/s1. The molecular formula is C18H28ClNO2. The van der Waals surface area contributed by atoms with Gasteiger partial charge in [-0.25, -0.2) is 0 Å². The summed E-state index contributed by atoms with van der Waals surface area (Å²) in [5, 5.41) is 3.69. The van der Waals surface area contributed by atoms with Crippen molar-refractivity contribution in [3.63, 3.8) is 0 Å². The van der Waals surface area contributed by atoms with Crippen molar-refractivity contribution in [1.29, 1.82) is 0 Å². The normalized spacial score (nSPS) is 13.5. The van der Waals surface area contributed by atoms with Crippen molar-refractivity contribution in [2.75, 3.05) is 6.54 Å². The Morgan fingerprint density at radius 3 is 2.41 bits per heavy atom. The number of ether oxygens (including phenoxy) is 1. The van der Waals surface area contributed by atoms with Crippen LogP contribution in [0.25, 0.3) is 0 Å². The zero-order valence-corrected chi connectivity index (χ0v) is 14.7. The van der Waals surface area contributed by atoms with Crippen LogP contribution in [-0.4, -0.2) is 18.6 Å². The Bertz CT molecular complexity index is 433. The van der Waals surface area contributed by atoms with Gasteiger partial charge in [0.15, 0.2) is 6.10 Å². The number of carbonyl (C=O) groups is 1. The third-order valence-electron chi connectivity index (χ3n) is 3.86. The summed E-state index contributed by atoms with van der Waals surface area (Å²) in [6, 6.07) is 7.10. The van der Waals surface area contributed by atoms with E-state index in [9.17, 15) is 4.79 Å². The van der Waals surface area contributed by atoms with E-state index < -0.39 is 6.10 Å². The molecule has 2 atom stereocenters. The molecule has 4 heteroatoms. The van der Waals surface area contributed by atoms with E-state index in [0.717, 1.165) is 13.0 Å². The van der Waals surface area contributed by atoms with E-state index in [1.165, 1.54) is 19.3 Å². The summed E-state index contributed by atoms with van der Waals surface area (Å²) in [6.07, 6.45) is 4.86. The van der Waals surface area contributed by atoms with E-state index in [1.807, 2.05) is 6.92 Å². The lowest BCUT2D eigenvalue weighted by molar-refractivity contribution is -0.128. The molecule has 0 aliphatic heterocycles. The largest absolute Gasteiger partial charge is 0.481 e. The van der Waals surface area contributed by atoms with Crippen molar-refractivity contribution in [1.82, 2.24) is 5.32 Å². The summed E-state index contributed by atoms with van der Waals surface area (Å²) < 4.78 is 5.76. The average molecular weight is 326 g/mol. The molecule has 1 aromatic rings. The Labute approximate surface area is 139 Å². The molecule has 0 saturated carbocycles. The monoisotopic (exact) mass is 325 g/mol. The average Bonchev–Trinajstić information content (AvgIpc) is 2.54. The van der Waals surface area contributed by atoms with Crippen LogP contribution >= 0.6 is 11.6 Å². The number of nitrogens with one attached hydrogen (secondary N) is 1. The first kappa shape index (κ1) is 18.8. The van der Waals surface area contributed by atoms with Gasteiger partial charge < -0.3 is 10.1 Å². The lowest BCUT2D eigenvalue weighted by Gasteiger charge is -2.20. The Balaban J connectivity index is 2.48. The van der Waals surface area contributed by atoms with Crippen molar-refractivity contribution in [3.05, 3.63) is 29.3 Å². The molecule has 0 heterocycles. The maximum absolute atomic E-state index is 12.3. The molecule has 0 unspecified atom stereocenters. The van der Waals surface area contributed by atoms with Gasteiger partial charge in [0.25, 0.3) is 5.91 Å². The fourth-order valence-corrected chi connectivity index (χ4v) is 2.43. The van der Waals surface area contributed by atoms with Crippen LogP contribution in [0.1, 0.15) is 52.9 Å². The second-order valence-corrected chi connectivity index (χ2v) is 6.07. The smallest absolute Gasteiger partial charge is 0.261 e. The van der Waals surface area contributed by atoms with Gasteiger partial charge in [-0.3, -0.25) is 4.79 Å². The van der Waals surface area contributed by atoms with E-state index in [0.29, 0.717) is 23.1 Å². The molecule has 1 rings (SSSR count). The molecule has 0 saturated heterocycles. The highest BCUT2D eigenvalue weighted by Gasteiger charge is 2.19. The molecule has 1 N–H and O–H groups in total. The van der Waals surface area contributed by atoms with Crippen molar-refractivity contribution in [2.24, 2.45) is 5.92 Å². The molecule has 1 aromatic carbocycles. The molecule has 0 aliphatic carbocycles. The van der Waals surface area contributed by atoms with Crippen LogP contribution in [0.4, 0.5) is 0 Å². The zero-order chi connectivity index (χ0) is 16.4. The van der Waals surface area contributed by atoms with Crippen molar-refractivity contribution < 1.29 is 9.53 Å². The lowest BCUT2D eigenvalue weighted by Crippen LogP contribution is -2.40. The van der Waals surface area contributed by atoms with Gasteiger partial charge in [-0.05, 0) is 43.0 Å². The Kier molecular flexibility index (Phi) is 8.98. The third-order valence-corrected chi connectivity index (χ3v) is 4.12. The SMILES string of the molecule is CCCC[C@H](CC)CNC(=O)[C@@H](CC)Oc1ccc(Cl)cc1. The van der Waals surface area contributed by atoms with Crippen LogP contribution < -0.4 is 10.1 Å². The maximum atomic E-state index is 12.3. The third kappa shape index (κ3) is 6.69. The molecular weight excluding hydrogens is 298 g/mol. The van der Waals surface area contributed by atoms with Crippen LogP contribution in [0, 0.1) is 5.92 Å². The number of unbranched alkanes of at least 4 members (excludes halogenated alkanes) is 1. The summed E-state index contributed by atoms with van der Waals surface area (Å²) in [7, 11) is 0. The summed E-state index contributed by atoms with van der Waals surface area (Å²) in [6.45, 7) is 7.05. The molecule has 0 bridgehead atoms. The van der Waals surface area contributed by atoms with Gasteiger partial charge in [0, 0.05) is 11.6 Å². The Hall–Kier alpha value is -1.22. The first-order chi connectivity index (χ1) is 10.6. The summed E-state index contributed by atoms with van der Waals surface area (Å²) in [5.41, 5.74) is 0. The lowest BCUT2D eigenvalue weighted by atomic mass is 9.99. The molecule has 0 aliphatic rings.